The minimum absolute atomic E-state index is 0.0959. The molecule has 0 unspecified atom stereocenters. The molecule has 4 heterocycles. The Morgan fingerprint density at radius 3 is 2.53 bits per heavy atom. The maximum atomic E-state index is 14.1. The van der Waals surface area contributed by atoms with Gasteiger partial charge in [-0.25, -0.2) is 4.98 Å². The van der Waals surface area contributed by atoms with Crippen molar-refractivity contribution in [2.45, 2.75) is 19.6 Å². The summed E-state index contributed by atoms with van der Waals surface area (Å²) < 4.78 is 50.1. The number of benzene rings is 2. The van der Waals surface area contributed by atoms with E-state index in [2.05, 4.69) is 30.3 Å². The van der Waals surface area contributed by atoms with E-state index < -0.39 is 17.6 Å². The van der Waals surface area contributed by atoms with Gasteiger partial charge in [-0.05, 0) is 55.4 Å². The summed E-state index contributed by atoms with van der Waals surface area (Å²) in [6.45, 7) is 4.94. The Morgan fingerprint density at radius 1 is 1.00 bits per heavy atom. The van der Waals surface area contributed by atoms with Crippen LogP contribution in [-0.4, -0.2) is 73.7 Å². The van der Waals surface area contributed by atoms with Gasteiger partial charge in [0.05, 0.1) is 11.8 Å². The van der Waals surface area contributed by atoms with Crippen molar-refractivity contribution in [1.82, 2.24) is 34.5 Å². The highest BCUT2D eigenvalue weighted by atomic mass is 19.4. The van der Waals surface area contributed by atoms with Crippen LogP contribution in [0.25, 0.3) is 22.4 Å². The molecule has 1 aliphatic heterocycles. The molecule has 0 aliphatic carbocycles. The van der Waals surface area contributed by atoms with Gasteiger partial charge in [-0.1, -0.05) is 12.1 Å². The van der Waals surface area contributed by atoms with E-state index in [0.717, 1.165) is 24.7 Å². The van der Waals surface area contributed by atoms with E-state index in [1.165, 1.54) is 12.1 Å². The minimum atomic E-state index is -4.60. The Bertz CT molecular complexity index is 1850. The number of carbonyl (C=O) groups is 1. The van der Waals surface area contributed by atoms with Gasteiger partial charge < -0.3 is 15.0 Å². The molecule has 0 radical (unpaired) electrons. The second-order valence-electron chi connectivity index (χ2n) is 11.1. The van der Waals surface area contributed by atoms with Gasteiger partial charge in [0.2, 0.25) is 5.88 Å². The molecule has 3 aromatic heterocycles. The number of anilines is 1. The van der Waals surface area contributed by atoms with Crippen molar-refractivity contribution < 1.29 is 22.7 Å². The van der Waals surface area contributed by atoms with E-state index in [1.54, 1.807) is 54.6 Å². The van der Waals surface area contributed by atoms with Gasteiger partial charge in [0.15, 0.2) is 11.5 Å². The summed E-state index contributed by atoms with van der Waals surface area (Å²) in [5.41, 5.74) is 1.58. The molecule has 232 valence electrons. The summed E-state index contributed by atoms with van der Waals surface area (Å²) in [4.78, 5) is 30.7. The highest BCUT2D eigenvalue weighted by Crippen LogP contribution is 2.35. The van der Waals surface area contributed by atoms with Crippen molar-refractivity contribution in [2.24, 2.45) is 7.05 Å². The molecule has 1 fully saturated rings. The molecule has 1 amide bonds. The zero-order chi connectivity index (χ0) is 31.7. The molecule has 0 spiro atoms. The molecular weight excluding hydrogens is 585 g/mol. The smallest absolute Gasteiger partial charge is 0.416 e. The number of amides is 1. The number of alkyl halides is 3. The van der Waals surface area contributed by atoms with Crippen LogP contribution in [-0.2, 0) is 19.8 Å². The Kier molecular flexibility index (Phi) is 8.21. The lowest BCUT2D eigenvalue weighted by molar-refractivity contribution is -0.138. The number of carbonyl (C=O) groups excluding carboxylic acids is 1. The van der Waals surface area contributed by atoms with Crippen molar-refractivity contribution in [1.29, 1.82) is 0 Å². The number of piperazine rings is 1. The van der Waals surface area contributed by atoms with Crippen LogP contribution in [0.1, 0.15) is 27.0 Å². The van der Waals surface area contributed by atoms with Gasteiger partial charge in [0.25, 0.3) is 5.91 Å². The van der Waals surface area contributed by atoms with E-state index in [0.29, 0.717) is 46.9 Å². The van der Waals surface area contributed by atoms with Crippen molar-refractivity contribution in [3.63, 3.8) is 0 Å². The van der Waals surface area contributed by atoms with Crippen LogP contribution in [0.15, 0.2) is 67.1 Å². The Balaban J connectivity index is 1.25. The summed E-state index contributed by atoms with van der Waals surface area (Å²) in [6.07, 6.45) is 0.294. The molecule has 10 nitrogen and oxygen atoms in total. The zero-order valence-electron chi connectivity index (χ0n) is 25.0. The first kappa shape index (κ1) is 30.2. The predicted molar refractivity (Wildman–Crippen MR) is 163 cm³/mol. The monoisotopic (exact) mass is 616 g/mol. The number of ether oxygens (including phenoxy) is 1. The quantitative estimate of drug-likeness (QED) is 0.254. The highest BCUT2D eigenvalue weighted by Gasteiger charge is 2.34. The van der Waals surface area contributed by atoms with Crippen LogP contribution < -0.4 is 10.1 Å². The number of aryl methyl sites for hydroxylation is 2. The molecular formula is C32H31F3N8O2. The zero-order valence-corrected chi connectivity index (χ0v) is 25.0. The molecule has 5 aromatic rings. The van der Waals surface area contributed by atoms with E-state index in [1.807, 2.05) is 24.9 Å². The van der Waals surface area contributed by atoms with Crippen LogP contribution in [0.3, 0.4) is 0 Å². The van der Waals surface area contributed by atoms with Crippen LogP contribution in [0.5, 0.6) is 11.6 Å². The number of pyridine rings is 1. The summed E-state index contributed by atoms with van der Waals surface area (Å²) in [7, 11) is 3.75. The number of nitrogens with one attached hydrogen (secondary N) is 1. The van der Waals surface area contributed by atoms with Gasteiger partial charge >= 0.3 is 6.18 Å². The summed E-state index contributed by atoms with van der Waals surface area (Å²) in [6, 6.07) is 12.4. The lowest BCUT2D eigenvalue weighted by Crippen LogP contribution is -2.44. The van der Waals surface area contributed by atoms with E-state index in [-0.39, 0.29) is 23.6 Å². The van der Waals surface area contributed by atoms with Gasteiger partial charge in [-0.2, -0.15) is 23.3 Å². The minimum Gasteiger partial charge on any atom is -0.438 e. The summed E-state index contributed by atoms with van der Waals surface area (Å²) >= 11 is 0. The van der Waals surface area contributed by atoms with Crippen LogP contribution in [0.4, 0.5) is 18.9 Å². The molecule has 45 heavy (non-hydrogen) atoms. The molecule has 6 rings (SSSR count). The third-order valence-corrected chi connectivity index (χ3v) is 7.80. The molecule has 1 saturated heterocycles. The van der Waals surface area contributed by atoms with E-state index in [4.69, 9.17) is 4.74 Å². The topological polar surface area (TPSA) is 101 Å². The fourth-order valence-electron chi connectivity index (χ4n) is 5.16. The Morgan fingerprint density at radius 2 is 1.80 bits per heavy atom. The second kappa shape index (κ2) is 12.3. The van der Waals surface area contributed by atoms with Gasteiger partial charge in [0, 0.05) is 75.0 Å². The number of rotatable bonds is 7. The standard InChI is InChI=1S/C32H31F3N8O2/c1-20-6-9-24(16-27(20)45-31-25-18-37-42(3)29(25)39-28(40-31)22-5-4-10-36-17-22)38-30(44)21-7-8-23(26(15-21)32(33,34)35)19-43-13-11-41(2)12-14-43/h4-10,15-18H,11-14,19H2,1-3H3,(H,38,44). The van der Waals surface area contributed by atoms with Crippen molar-refractivity contribution in [3.8, 4) is 23.0 Å². The first-order valence-corrected chi connectivity index (χ1v) is 14.4. The van der Waals surface area contributed by atoms with Gasteiger partial charge in [-0.15, -0.1) is 0 Å². The molecule has 0 saturated carbocycles. The largest absolute Gasteiger partial charge is 0.438 e. The number of hydrogen-bond donors (Lipinski definition) is 1. The molecule has 0 bridgehead atoms. The van der Waals surface area contributed by atoms with Crippen LogP contribution in [0, 0.1) is 6.92 Å². The second-order valence-corrected chi connectivity index (χ2v) is 11.1. The highest BCUT2D eigenvalue weighted by molar-refractivity contribution is 6.04. The van der Waals surface area contributed by atoms with Gasteiger partial charge in [0.1, 0.15) is 11.1 Å². The SMILES string of the molecule is Cc1ccc(NC(=O)c2ccc(CN3CCN(C)CC3)c(C(F)(F)F)c2)cc1Oc1nc(-c2cccnc2)nc2c1cnn2C. The van der Waals surface area contributed by atoms with Crippen molar-refractivity contribution in [2.75, 3.05) is 38.5 Å². The van der Waals surface area contributed by atoms with Gasteiger partial charge in [-0.3, -0.25) is 19.4 Å². The maximum absolute atomic E-state index is 14.1. The third-order valence-electron chi connectivity index (χ3n) is 7.80. The van der Waals surface area contributed by atoms with E-state index in [9.17, 15) is 18.0 Å². The third kappa shape index (κ3) is 6.64. The molecule has 13 heteroatoms. The normalized spacial score (nSPS) is 14.5. The first-order chi connectivity index (χ1) is 21.5. The summed E-state index contributed by atoms with van der Waals surface area (Å²) in [5.74, 6) is 0.376. The molecule has 0 atom stereocenters. The average molecular weight is 617 g/mol. The van der Waals surface area contributed by atoms with Crippen LogP contribution >= 0.6 is 0 Å². The number of hydrogen-bond acceptors (Lipinski definition) is 8. The summed E-state index contributed by atoms with van der Waals surface area (Å²) in [5, 5.41) is 7.58. The lowest BCUT2D eigenvalue weighted by atomic mass is 10.0. The predicted octanol–water partition coefficient (Wildman–Crippen LogP) is 5.54. The fourth-order valence-corrected chi connectivity index (χ4v) is 5.16. The number of halogens is 3. The fraction of sp³-hybridized carbons (Fsp3) is 0.281. The molecule has 1 aliphatic rings. The number of nitrogens with zero attached hydrogens (tertiary/aromatic N) is 7. The lowest BCUT2D eigenvalue weighted by Gasteiger charge is -2.33. The molecule has 1 N–H and O–H groups in total. The number of likely N-dealkylation sites (N-methyl/N-ethyl adjacent to an activating group) is 1. The Labute approximate surface area is 257 Å². The van der Waals surface area contributed by atoms with Crippen molar-refractivity contribution >= 4 is 22.6 Å². The number of aromatic nitrogens is 5. The van der Waals surface area contributed by atoms with Crippen LogP contribution in [0.2, 0.25) is 0 Å². The maximum Gasteiger partial charge on any atom is 0.416 e. The first-order valence-electron chi connectivity index (χ1n) is 14.4. The van der Waals surface area contributed by atoms with Crippen molar-refractivity contribution in [3.05, 3.63) is 89.4 Å². The number of fused-ring (bicyclic) bond motifs is 1. The molecule has 2 aromatic carbocycles. The average Bonchev–Trinajstić information content (AvgIpc) is 3.40. The Hall–Kier alpha value is -4.88. The van der Waals surface area contributed by atoms with E-state index >= 15 is 0 Å².